The third-order valence-corrected chi connectivity index (χ3v) is 3.51. The molecule has 0 amide bonds. The number of fused-ring (bicyclic) bond motifs is 1. The maximum Gasteiger partial charge on any atom is 0.298 e. The number of hydrogen-bond donors (Lipinski definition) is 2. The van der Waals surface area contributed by atoms with Gasteiger partial charge in [0.05, 0.1) is 4.92 Å². The van der Waals surface area contributed by atoms with Crippen LogP contribution in [0.1, 0.15) is 0 Å². The number of hydrogen-bond acceptors (Lipinski definition) is 7. The van der Waals surface area contributed by atoms with E-state index in [0.717, 1.165) is 32.7 Å². The van der Waals surface area contributed by atoms with Gasteiger partial charge in [-0.3, -0.25) is 15.0 Å². The Hall–Kier alpha value is -2.19. The second-order valence-electron chi connectivity index (χ2n) is 4.92. The number of nitrogens with one attached hydrogen (secondary N) is 2. The summed E-state index contributed by atoms with van der Waals surface area (Å²) in [6.45, 7) is 5.66. The predicted molar refractivity (Wildman–Crippen MR) is 78.5 cm³/mol. The van der Waals surface area contributed by atoms with E-state index in [0.29, 0.717) is 18.1 Å². The average Bonchev–Trinajstić information content (AvgIpc) is 2.90. The lowest BCUT2D eigenvalue weighted by Crippen LogP contribution is -2.45. The Kier molecular flexibility index (Phi) is 3.98. The molecule has 1 aliphatic heterocycles. The van der Waals surface area contributed by atoms with Crippen molar-refractivity contribution >= 4 is 22.8 Å². The number of aromatic nitrogens is 1. The minimum absolute atomic E-state index is 0.0357. The summed E-state index contributed by atoms with van der Waals surface area (Å²) in [4.78, 5) is 17.0. The summed E-state index contributed by atoms with van der Waals surface area (Å²) in [5, 5.41) is 17.3. The molecule has 2 aromatic rings. The normalized spacial score (nSPS) is 16.2. The van der Waals surface area contributed by atoms with Gasteiger partial charge in [0.1, 0.15) is 0 Å². The van der Waals surface area contributed by atoms with Crippen LogP contribution >= 0.6 is 0 Å². The first-order chi connectivity index (χ1) is 10.2. The fourth-order valence-electron chi connectivity index (χ4n) is 2.41. The maximum atomic E-state index is 10.9. The SMILES string of the molecule is O=[N+]([O-])c1cccc2oc(NCCN3CCNCC3)nc12. The van der Waals surface area contributed by atoms with Gasteiger partial charge < -0.3 is 15.1 Å². The lowest BCUT2D eigenvalue weighted by molar-refractivity contribution is -0.383. The Bertz CT molecular complexity index is 636. The highest BCUT2D eigenvalue weighted by Crippen LogP contribution is 2.27. The maximum absolute atomic E-state index is 10.9. The molecular formula is C13H17N5O3. The minimum Gasteiger partial charge on any atom is -0.423 e. The van der Waals surface area contributed by atoms with Crippen molar-refractivity contribution in [3.63, 3.8) is 0 Å². The topological polar surface area (TPSA) is 96.5 Å². The van der Waals surface area contributed by atoms with Crippen molar-refractivity contribution in [2.45, 2.75) is 0 Å². The molecule has 0 spiro atoms. The highest BCUT2D eigenvalue weighted by atomic mass is 16.6. The first-order valence-corrected chi connectivity index (χ1v) is 6.95. The summed E-state index contributed by atoms with van der Waals surface area (Å²) in [7, 11) is 0. The third kappa shape index (κ3) is 3.11. The van der Waals surface area contributed by atoms with Crippen LogP contribution in [0.4, 0.5) is 11.7 Å². The van der Waals surface area contributed by atoms with E-state index < -0.39 is 4.92 Å². The Labute approximate surface area is 121 Å². The summed E-state index contributed by atoms with van der Waals surface area (Å²) < 4.78 is 5.49. The Morgan fingerprint density at radius 2 is 2.24 bits per heavy atom. The molecule has 8 heteroatoms. The molecule has 0 unspecified atom stereocenters. The van der Waals surface area contributed by atoms with Crippen LogP contribution in [0, 0.1) is 10.1 Å². The number of nitrogens with zero attached hydrogens (tertiary/aromatic N) is 3. The van der Waals surface area contributed by atoms with Gasteiger partial charge in [0.15, 0.2) is 11.1 Å². The van der Waals surface area contributed by atoms with Crippen LogP contribution in [-0.4, -0.2) is 54.1 Å². The molecular weight excluding hydrogens is 274 g/mol. The van der Waals surface area contributed by atoms with Crippen molar-refractivity contribution in [2.75, 3.05) is 44.6 Å². The standard InChI is InChI=1S/C13H17N5O3/c19-18(20)10-2-1-3-11-12(10)16-13(21-11)15-6-9-17-7-4-14-5-8-17/h1-3,14H,4-9H2,(H,15,16). The van der Waals surface area contributed by atoms with Crippen molar-refractivity contribution < 1.29 is 9.34 Å². The van der Waals surface area contributed by atoms with E-state index in [1.165, 1.54) is 6.07 Å². The monoisotopic (exact) mass is 291 g/mol. The smallest absolute Gasteiger partial charge is 0.298 e. The summed E-state index contributed by atoms with van der Waals surface area (Å²) in [5.41, 5.74) is 0.674. The number of piperazine rings is 1. The van der Waals surface area contributed by atoms with Crippen molar-refractivity contribution in [3.05, 3.63) is 28.3 Å². The van der Waals surface area contributed by atoms with Crippen molar-refractivity contribution in [3.8, 4) is 0 Å². The summed E-state index contributed by atoms with van der Waals surface area (Å²) in [5.74, 6) is 0. The average molecular weight is 291 g/mol. The van der Waals surface area contributed by atoms with Crippen LogP contribution in [0.2, 0.25) is 0 Å². The van der Waals surface area contributed by atoms with Gasteiger partial charge in [0, 0.05) is 45.3 Å². The lowest BCUT2D eigenvalue weighted by atomic mass is 10.3. The molecule has 1 saturated heterocycles. The van der Waals surface area contributed by atoms with Gasteiger partial charge in [0.25, 0.3) is 11.7 Å². The Morgan fingerprint density at radius 1 is 1.43 bits per heavy atom. The van der Waals surface area contributed by atoms with E-state index in [-0.39, 0.29) is 11.2 Å². The minimum atomic E-state index is -0.449. The van der Waals surface area contributed by atoms with Gasteiger partial charge >= 0.3 is 0 Å². The molecule has 1 fully saturated rings. The van der Waals surface area contributed by atoms with Gasteiger partial charge in [-0.25, -0.2) is 0 Å². The summed E-state index contributed by atoms with van der Waals surface area (Å²) >= 11 is 0. The summed E-state index contributed by atoms with van der Waals surface area (Å²) in [6, 6.07) is 5.02. The Morgan fingerprint density at radius 3 is 3.00 bits per heavy atom. The first-order valence-electron chi connectivity index (χ1n) is 6.95. The molecule has 112 valence electrons. The molecule has 1 aromatic heterocycles. The van der Waals surface area contributed by atoms with Gasteiger partial charge in [-0.1, -0.05) is 6.07 Å². The highest BCUT2D eigenvalue weighted by Gasteiger charge is 2.17. The van der Waals surface area contributed by atoms with E-state index >= 15 is 0 Å². The largest absolute Gasteiger partial charge is 0.423 e. The summed E-state index contributed by atoms with van der Waals surface area (Å²) in [6.07, 6.45) is 0. The van der Waals surface area contributed by atoms with Crippen molar-refractivity contribution in [1.82, 2.24) is 15.2 Å². The van der Waals surface area contributed by atoms with E-state index in [9.17, 15) is 10.1 Å². The molecule has 8 nitrogen and oxygen atoms in total. The molecule has 0 aliphatic carbocycles. The molecule has 0 radical (unpaired) electrons. The molecule has 0 saturated carbocycles. The van der Waals surface area contributed by atoms with Gasteiger partial charge in [-0.2, -0.15) is 4.98 Å². The van der Waals surface area contributed by atoms with Crippen LogP contribution < -0.4 is 10.6 Å². The molecule has 2 N–H and O–H groups in total. The van der Waals surface area contributed by atoms with Gasteiger partial charge in [0.2, 0.25) is 0 Å². The zero-order valence-electron chi connectivity index (χ0n) is 11.5. The quantitative estimate of drug-likeness (QED) is 0.628. The fourth-order valence-corrected chi connectivity index (χ4v) is 2.41. The fraction of sp³-hybridized carbons (Fsp3) is 0.462. The van der Waals surface area contributed by atoms with E-state index in [2.05, 4.69) is 20.5 Å². The van der Waals surface area contributed by atoms with Crippen molar-refractivity contribution in [2.24, 2.45) is 0 Å². The number of oxazole rings is 1. The zero-order chi connectivity index (χ0) is 14.7. The number of nitro benzene ring substituents is 1. The number of nitro groups is 1. The first kappa shape index (κ1) is 13.8. The molecule has 3 rings (SSSR count). The van der Waals surface area contributed by atoms with E-state index in [1.54, 1.807) is 12.1 Å². The number of non-ortho nitro benzene ring substituents is 1. The second-order valence-corrected chi connectivity index (χ2v) is 4.92. The number of para-hydroxylation sites is 1. The second kappa shape index (κ2) is 6.06. The molecule has 0 bridgehead atoms. The molecule has 1 aliphatic rings. The Balaban J connectivity index is 1.64. The molecule has 21 heavy (non-hydrogen) atoms. The van der Waals surface area contributed by atoms with Gasteiger partial charge in [-0.05, 0) is 6.07 Å². The van der Waals surface area contributed by atoms with Crippen LogP contribution in [0.3, 0.4) is 0 Å². The molecule has 0 atom stereocenters. The third-order valence-electron chi connectivity index (χ3n) is 3.51. The lowest BCUT2D eigenvalue weighted by Gasteiger charge is -2.26. The molecule has 1 aromatic carbocycles. The van der Waals surface area contributed by atoms with Crippen LogP contribution in [0.15, 0.2) is 22.6 Å². The van der Waals surface area contributed by atoms with E-state index in [4.69, 9.17) is 4.42 Å². The number of rotatable bonds is 5. The number of benzene rings is 1. The van der Waals surface area contributed by atoms with E-state index in [1.807, 2.05) is 0 Å². The van der Waals surface area contributed by atoms with Crippen molar-refractivity contribution in [1.29, 1.82) is 0 Å². The van der Waals surface area contributed by atoms with Crippen LogP contribution in [-0.2, 0) is 0 Å². The number of anilines is 1. The van der Waals surface area contributed by atoms with Crippen LogP contribution in [0.25, 0.3) is 11.1 Å². The predicted octanol–water partition coefficient (Wildman–Crippen LogP) is 1.05. The van der Waals surface area contributed by atoms with Gasteiger partial charge in [-0.15, -0.1) is 0 Å². The molecule has 2 heterocycles. The zero-order valence-corrected chi connectivity index (χ0v) is 11.5. The highest BCUT2D eigenvalue weighted by molar-refractivity contribution is 5.83. The van der Waals surface area contributed by atoms with Crippen LogP contribution in [0.5, 0.6) is 0 Å².